The molecule has 0 atom stereocenters. The Labute approximate surface area is 124 Å². The molecule has 2 N–H and O–H groups in total. The van der Waals surface area contributed by atoms with Gasteiger partial charge in [0.05, 0.1) is 18.3 Å². The van der Waals surface area contributed by atoms with E-state index in [1.807, 2.05) is 24.3 Å². The van der Waals surface area contributed by atoms with E-state index in [0.29, 0.717) is 18.7 Å². The predicted octanol–water partition coefficient (Wildman–Crippen LogP) is 1.00. The van der Waals surface area contributed by atoms with E-state index in [2.05, 4.69) is 16.9 Å². The topological polar surface area (TPSA) is 64.2 Å². The molecule has 0 saturated heterocycles. The molecule has 0 spiro atoms. The summed E-state index contributed by atoms with van der Waals surface area (Å²) in [5.74, 6) is 5.73. The van der Waals surface area contributed by atoms with E-state index in [4.69, 9.17) is 5.73 Å². The minimum absolute atomic E-state index is 0.0462. The fraction of sp³-hybridized carbons (Fsp3) is 0.250. The van der Waals surface area contributed by atoms with Crippen molar-refractivity contribution in [3.8, 4) is 11.8 Å². The molecule has 0 saturated carbocycles. The molecule has 1 heterocycles. The summed E-state index contributed by atoms with van der Waals surface area (Å²) in [6, 6.07) is 7.79. The molecule has 21 heavy (non-hydrogen) atoms. The van der Waals surface area contributed by atoms with Crippen molar-refractivity contribution in [1.29, 1.82) is 0 Å². The molecule has 0 aliphatic carbocycles. The predicted molar refractivity (Wildman–Crippen MR) is 81.4 cm³/mol. The van der Waals surface area contributed by atoms with Gasteiger partial charge in [-0.05, 0) is 17.7 Å². The van der Waals surface area contributed by atoms with Crippen LogP contribution in [0.4, 0.5) is 0 Å². The average molecular weight is 282 g/mol. The van der Waals surface area contributed by atoms with Gasteiger partial charge in [0, 0.05) is 32.4 Å². The highest BCUT2D eigenvalue weighted by Gasteiger charge is 2.13. The molecular formula is C16H18N4O. The van der Waals surface area contributed by atoms with Crippen molar-refractivity contribution in [2.24, 2.45) is 12.8 Å². The number of carbonyl (C=O) groups is 1. The normalized spacial score (nSPS) is 9.86. The summed E-state index contributed by atoms with van der Waals surface area (Å²) in [5, 5.41) is 4.01. The van der Waals surface area contributed by atoms with E-state index in [1.54, 1.807) is 36.1 Å². The van der Waals surface area contributed by atoms with Gasteiger partial charge in [-0.2, -0.15) is 5.10 Å². The highest BCUT2D eigenvalue weighted by Crippen LogP contribution is 2.09. The lowest BCUT2D eigenvalue weighted by atomic mass is 10.1. The maximum Gasteiger partial charge on any atom is 0.257 e. The largest absolute Gasteiger partial charge is 0.337 e. The first-order valence-corrected chi connectivity index (χ1v) is 6.62. The third-order valence-corrected chi connectivity index (χ3v) is 3.01. The molecule has 0 fully saturated rings. The molecular weight excluding hydrogens is 264 g/mol. The number of nitrogens with two attached hydrogens (primary N) is 1. The molecule has 5 nitrogen and oxygen atoms in total. The van der Waals surface area contributed by atoms with Crippen molar-refractivity contribution in [3.05, 3.63) is 53.3 Å². The summed E-state index contributed by atoms with van der Waals surface area (Å²) < 4.78 is 1.62. The zero-order valence-corrected chi connectivity index (χ0v) is 12.2. The summed E-state index contributed by atoms with van der Waals surface area (Å²) in [6.45, 7) is 0.891. The van der Waals surface area contributed by atoms with Crippen LogP contribution in [0.3, 0.4) is 0 Å². The van der Waals surface area contributed by atoms with Gasteiger partial charge in [-0.15, -0.1) is 0 Å². The summed E-state index contributed by atoms with van der Waals surface area (Å²) in [5.41, 5.74) is 7.90. The Morgan fingerprint density at radius 3 is 2.67 bits per heavy atom. The van der Waals surface area contributed by atoms with Crippen LogP contribution < -0.4 is 5.73 Å². The molecule has 0 aliphatic heterocycles. The lowest BCUT2D eigenvalue weighted by Crippen LogP contribution is -2.25. The van der Waals surface area contributed by atoms with Gasteiger partial charge in [-0.25, -0.2) is 0 Å². The molecule has 1 amide bonds. The number of carbonyl (C=O) groups excluding carboxylic acids is 1. The van der Waals surface area contributed by atoms with Crippen LogP contribution >= 0.6 is 0 Å². The van der Waals surface area contributed by atoms with E-state index in [9.17, 15) is 4.79 Å². The van der Waals surface area contributed by atoms with Crippen molar-refractivity contribution >= 4 is 5.91 Å². The van der Waals surface area contributed by atoms with Crippen molar-refractivity contribution in [3.63, 3.8) is 0 Å². The van der Waals surface area contributed by atoms with Crippen molar-refractivity contribution in [1.82, 2.24) is 14.7 Å². The summed E-state index contributed by atoms with van der Waals surface area (Å²) >= 11 is 0. The number of nitrogens with zero attached hydrogens (tertiary/aromatic N) is 3. The second-order valence-electron chi connectivity index (χ2n) is 4.77. The molecule has 1 aromatic heterocycles. The van der Waals surface area contributed by atoms with E-state index in [1.165, 1.54) is 0 Å². The van der Waals surface area contributed by atoms with Crippen LogP contribution in [0.5, 0.6) is 0 Å². The second kappa shape index (κ2) is 6.73. The van der Waals surface area contributed by atoms with E-state index >= 15 is 0 Å². The summed E-state index contributed by atoms with van der Waals surface area (Å²) in [6.07, 6.45) is 3.29. The minimum atomic E-state index is -0.0462. The van der Waals surface area contributed by atoms with Gasteiger partial charge in [-0.3, -0.25) is 9.48 Å². The van der Waals surface area contributed by atoms with Crippen molar-refractivity contribution in [2.45, 2.75) is 6.54 Å². The summed E-state index contributed by atoms with van der Waals surface area (Å²) in [4.78, 5) is 13.9. The van der Waals surface area contributed by atoms with E-state index < -0.39 is 0 Å². The number of benzene rings is 1. The zero-order valence-electron chi connectivity index (χ0n) is 12.2. The van der Waals surface area contributed by atoms with Gasteiger partial charge in [0.25, 0.3) is 5.91 Å². The number of aryl methyl sites for hydroxylation is 1. The molecule has 2 aromatic rings. The maximum absolute atomic E-state index is 12.2. The zero-order chi connectivity index (χ0) is 15.2. The molecule has 0 aliphatic rings. The first-order chi connectivity index (χ1) is 10.1. The molecule has 5 heteroatoms. The fourth-order valence-corrected chi connectivity index (χ4v) is 1.94. The molecule has 0 unspecified atom stereocenters. The fourth-order valence-electron chi connectivity index (χ4n) is 1.94. The van der Waals surface area contributed by atoms with Gasteiger partial charge < -0.3 is 10.6 Å². The smallest absolute Gasteiger partial charge is 0.257 e. The molecule has 0 radical (unpaired) electrons. The van der Waals surface area contributed by atoms with Crippen LogP contribution in [0.15, 0.2) is 36.7 Å². The van der Waals surface area contributed by atoms with Gasteiger partial charge in [0.2, 0.25) is 0 Å². The van der Waals surface area contributed by atoms with E-state index in [0.717, 1.165) is 11.1 Å². The van der Waals surface area contributed by atoms with Crippen LogP contribution in [0, 0.1) is 11.8 Å². The van der Waals surface area contributed by atoms with Crippen molar-refractivity contribution in [2.75, 3.05) is 13.6 Å². The first-order valence-electron chi connectivity index (χ1n) is 6.62. The molecule has 2 rings (SSSR count). The Morgan fingerprint density at radius 1 is 1.38 bits per heavy atom. The van der Waals surface area contributed by atoms with Gasteiger partial charge in [-0.1, -0.05) is 24.0 Å². The highest BCUT2D eigenvalue weighted by molar-refractivity contribution is 5.93. The van der Waals surface area contributed by atoms with Crippen molar-refractivity contribution < 1.29 is 4.79 Å². The third-order valence-electron chi connectivity index (χ3n) is 3.01. The highest BCUT2D eigenvalue weighted by atomic mass is 16.2. The van der Waals surface area contributed by atoms with Gasteiger partial charge in [0.15, 0.2) is 0 Å². The van der Waals surface area contributed by atoms with Crippen LogP contribution in [0.25, 0.3) is 0 Å². The van der Waals surface area contributed by atoms with Crippen LogP contribution in [-0.4, -0.2) is 34.2 Å². The Morgan fingerprint density at radius 2 is 2.10 bits per heavy atom. The van der Waals surface area contributed by atoms with Gasteiger partial charge in [0.1, 0.15) is 0 Å². The number of hydrogen-bond acceptors (Lipinski definition) is 3. The van der Waals surface area contributed by atoms with E-state index in [-0.39, 0.29) is 5.91 Å². The first kappa shape index (κ1) is 14.8. The van der Waals surface area contributed by atoms with Gasteiger partial charge >= 0.3 is 0 Å². The average Bonchev–Trinajstić information content (AvgIpc) is 2.92. The van der Waals surface area contributed by atoms with Crippen LogP contribution in [0.2, 0.25) is 0 Å². The second-order valence-corrected chi connectivity index (χ2v) is 4.77. The number of amides is 1. The lowest BCUT2D eigenvalue weighted by Gasteiger charge is -2.16. The molecule has 1 aromatic carbocycles. The SMILES string of the molecule is CN(Cc1ccc(C#CCN)cc1)C(=O)c1cnn(C)c1. The standard InChI is InChI=1S/C16H18N4O/c1-19(16(21)15-10-18-20(2)12-15)11-14-7-5-13(6-8-14)4-3-9-17/h5-8,10,12H,9,11,17H2,1-2H3. The quantitative estimate of drug-likeness (QED) is 0.854. The third kappa shape index (κ3) is 3.94. The Hall–Kier alpha value is -2.58. The molecule has 0 bridgehead atoms. The monoisotopic (exact) mass is 282 g/mol. The minimum Gasteiger partial charge on any atom is -0.337 e. The number of rotatable bonds is 3. The Bertz CT molecular complexity index is 676. The molecule has 108 valence electrons. The number of hydrogen-bond donors (Lipinski definition) is 1. The Kier molecular flexibility index (Phi) is 4.75. The van der Waals surface area contributed by atoms with Crippen LogP contribution in [-0.2, 0) is 13.6 Å². The summed E-state index contributed by atoms with van der Waals surface area (Å²) in [7, 11) is 3.56. The number of aromatic nitrogens is 2. The Balaban J connectivity index is 2.02. The van der Waals surface area contributed by atoms with Crippen LogP contribution in [0.1, 0.15) is 21.5 Å². The maximum atomic E-state index is 12.2. The lowest BCUT2D eigenvalue weighted by molar-refractivity contribution is 0.0785.